The van der Waals surface area contributed by atoms with Gasteiger partial charge in [-0.3, -0.25) is 4.79 Å². The van der Waals surface area contributed by atoms with Crippen molar-refractivity contribution in [3.63, 3.8) is 0 Å². The molecule has 15 heavy (non-hydrogen) atoms. The third-order valence-corrected chi connectivity index (χ3v) is 2.59. The summed E-state index contributed by atoms with van der Waals surface area (Å²) in [6.07, 6.45) is 2.63. The van der Waals surface area contributed by atoms with Crippen molar-refractivity contribution in [2.45, 2.75) is 38.3 Å². The number of carbonyl (C=O) groups is 1. The number of halogens is 1. The van der Waals surface area contributed by atoms with Crippen LogP contribution in [0.15, 0.2) is 0 Å². The highest BCUT2D eigenvalue weighted by Gasteiger charge is 2.20. The molecule has 0 saturated carbocycles. The lowest BCUT2D eigenvalue weighted by atomic mass is 10.1. The van der Waals surface area contributed by atoms with Gasteiger partial charge in [-0.2, -0.15) is 0 Å². The quantitative estimate of drug-likeness (QED) is 0.756. The molecule has 90 valence electrons. The van der Waals surface area contributed by atoms with Gasteiger partial charge in [0, 0.05) is 19.7 Å². The molecule has 1 fully saturated rings. The molecular weight excluding hydrogens is 216 g/mol. The first kappa shape index (κ1) is 14.7. The van der Waals surface area contributed by atoms with Crippen LogP contribution in [0.5, 0.6) is 0 Å². The zero-order valence-electron chi connectivity index (χ0n) is 9.41. The number of nitrogens with one attached hydrogen (secondary N) is 2. The van der Waals surface area contributed by atoms with Gasteiger partial charge < -0.3 is 15.4 Å². The maximum absolute atomic E-state index is 11.6. The fraction of sp³-hybridized carbons (Fsp3) is 0.900. The zero-order chi connectivity index (χ0) is 10.4. The largest absolute Gasteiger partial charge is 0.372 e. The van der Waals surface area contributed by atoms with Crippen molar-refractivity contribution in [2.75, 3.05) is 20.2 Å². The van der Waals surface area contributed by atoms with Gasteiger partial charge in [0.05, 0.1) is 0 Å². The van der Waals surface area contributed by atoms with Crippen molar-refractivity contribution >= 4 is 18.3 Å². The Labute approximate surface area is 97.5 Å². The molecule has 1 saturated heterocycles. The molecule has 2 N–H and O–H groups in total. The van der Waals surface area contributed by atoms with Crippen molar-refractivity contribution in [1.29, 1.82) is 0 Å². The Hall–Kier alpha value is -0.320. The first-order valence-corrected chi connectivity index (χ1v) is 5.31. The van der Waals surface area contributed by atoms with Gasteiger partial charge in [-0.05, 0) is 25.8 Å². The number of carbonyl (C=O) groups excluding carboxylic acids is 1. The Morgan fingerprint density at radius 3 is 2.87 bits per heavy atom. The zero-order valence-corrected chi connectivity index (χ0v) is 10.2. The number of hydrogen-bond donors (Lipinski definition) is 2. The van der Waals surface area contributed by atoms with Gasteiger partial charge in [0.2, 0.25) is 5.91 Å². The highest BCUT2D eigenvalue weighted by atomic mass is 35.5. The topological polar surface area (TPSA) is 50.4 Å². The third-order valence-electron chi connectivity index (χ3n) is 2.59. The van der Waals surface area contributed by atoms with Crippen LogP contribution in [0.2, 0.25) is 0 Å². The van der Waals surface area contributed by atoms with Crippen molar-refractivity contribution < 1.29 is 9.53 Å². The van der Waals surface area contributed by atoms with E-state index in [1.54, 1.807) is 7.11 Å². The van der Waals surface area contributed by atoms with Gasteiger partial charge in [-0.1, -0.05) is 6.92 Å². The first-order valence-electron chi connectivity index (χ1n) is 5.31. The molecule has 2 atom stereocenters. The van der Waals surface area contributed by atoms with E-state index >= 15 is 0 Å². The Morgan fingerprint density at radius 2 is 2.40 bits per heavy atom. The molecule has 1 heterocycles. The summed E-state index contributed by atoms with van der Waals surface area (Å²) < 4.78 is 5.07. The summed E-state index contributed by atoms with van der Waals surface area (Å²) in [7, 11) is 1.58. The van der Waals surface area contributed by atoms with Gasteiger partial charge in [0.1, 0.15) is 6.10 Å². The molecule has 4 nitrogen and oxygen atoms in total. The molecule has 0 aliphatic carbocycles. The van der Waals surface area contributed by atoms with Crippen LogP contribution < -0.4 is 10.6 Å². The maximum Gasteiger partial charge on any atom is 0.249 e. The number of hydrogen-bond acceptors (Lipinski definition) is 3. The fourth-order valence-corrected chi connectivity index (χ4v) is 1.73. The summed E-state index contributed by atoms with van der Waals surface area (Å²) in [5, 5.41) is 6.25. The number of piperidine rings is 1. The van der Waals surface area contributed by atoms with Gasteiger partial charge in [-0.25, -0.2) is 0 Å². The molecule has 0 spiro atoms. The van der Waals surface area contributed by atoms with E-state index in [2.05, 4.69) is 10.6 Å². The molecule has 1 aliphatic heterocycles. The Balaban J connectivity index is 0.00000196. The van der Waals surface area contributed by atoms with E-state index in [1.807, 2.05) is 6.92 Å². The molecule has 1 amide bonds. The van der Waals surface area contributed by atoms with Crippen LogP contribution >= 0.6 is 12.4 Å². The highest BCUT2D eigenvalue weighted by Crippen LogP contribution is 2.03. The van der Waals surface area contributed by atoms with Crippen molar-refractivity contribution in [2.24, 2.45) is 0 Å². The molecule has 1 rings (SSSR count). The van der Waals surface area contributed by atoms with E-state index in [4.69, 9.17) is 4.74 Å². The normalized spacial score (nSPS) is 22.7. The minimum Gasteiger partial charge on any atom is -0.372 e. The molecule has 5 heteroatoms. The average molecular weight is 237 g/mol. The second-order valence-corrected chi connectivity index (χ2v) is 3.68. The Morgan fingerprint density at radius 1 is 1.67 bits per heavy atom. The summed E-state index contributed by atoms with van der Waals surface area (Å²) in [6.45, 7) is 3.90. The molecule has 1 unspecified atom stereocenters. The lowest BCUT2D eigenvalue weighted by Crippen LogP contribution is -2.48. The molecule has 0 aromatic heterocycles. The van der Waals surface area contributed by atoms with Gasteiger partial charge in [0.25, 0.3) is 0 Å². The number of rotatable bonds is 4. The molecule has 0 aromatic rings. The minimum absolute atomic E-state index is 0. The monoisotopic (exact) mass is 236 g/mol. The van der Waals surface area contributed by atoms with E-state index in [0.717, 1.165) is 32.4 Å². The predicted octanol–water partition coefficient (Wildman–Crippen LogP) is 0.701. The summed E-state index contributed by atoms with van der Waals surface area (Å²) in [6, 6.07) is 0.278. The van der Waals surface area contributed by atoms with E-state index in [9.17, 15) is 4.79 Å². The van der Waals surface area contributed by atoms with E-state index in [-0.39, 0.29) is 30.5 Å². The second-order valence-electron chi connectivity index (χ2n) is 3.68. The standard InChI is InChI=1S/C10H20N2O2.ClH/c1-3-9(14-2)10(13)12-8-5-4-6-11-7-8;/h8-9,11H,3-7H2,1-2H3,(H,12,13);1H/t8-,9?;/m0./s1. The van der Waals surface area contributed by atoms with Crippen molar-refractivity contribution in [1.82, 2.24) is 10.6 Å². The van der Waals surface area contributed by atoms with Gasteiger partial charge in [0.15, 0.2) is 0 Å². The summed E-state index contributed by atoms with van der Waals surface area (Å²) in [5.74, 6) is 0.0173. The highest BCUT2D eigenvalue weighted by molar-refractivity contribution is 5.85. The smallest absolute Gasteiger partial charge is 0.249 e. The first-order chi connectivity index (χ1) is 6.77. The number of amides is 1. The molecule has 0 bridgehead atoms. The average Bonchev–Trinajstić information content (AvgIpc) is 2.21. The summed E-state index contributed by atoms with van der Waals surface area (Å²) in [4.78, 5) is 11.6. The minimum atomic E-state index is -0.295. The molecule has 0 aromatic carbocycles. The van der Waals surface area contributed by atoms with Crippen LogP contribution in [0.3, 0.4) is 0 Å². The Bertz CT molecular complexity index is 180. The lowest BCUT2D eigenvalue weighted by Gasteiger charge is -2.25. The van der Waals surface area contributed by atoms with E-state index in [1.165, 1.54) is 0 Å². The van der Waals surface area contributed by atoms with Crippen LogP contribution in [0, 0.1) is 0 Å². The van der Waals surface area contributed by atoms with E-state index < -0.39 is 0 Å². The van der Waals surface area contributed by atoms with Crippen molar-refractivity contribution in [3.8, 4) is 0 Å². The van der Waals surface area contributed by atoms with Gasteiger partial charge in [-0.15, -0.1) is 12.4 Å². The number of methoxy groups -OCH3 is 1. The summed E-state index contributed by atoms with van der Waals surface area (Å²) in [5.41, 5.74) is 0. The SMILES string of the molecule is CCC(OC)C(=O)N[C@H]1CCCNC1.Cl. The van der Waals surface area contributed by atoms with Crippen LogP contribution in [-0.2, 0) is 9.53 Å². The van der Waals surface area contributed by atoms with Crippen LogP contribution in [0.1, 0.15) is 26.2 Å². The Kier molecular flexibility index (Phi) is 7.74. The van der Waals surface area contributed by atoms with Gasteiger partial charge >= 0.3 is 0 Å². The van der Waals surface area contributed by atoms with E-state index in [0.29, 0.717) is 0 Å². The van der Waals surface area contributed by atoms with Crippen molar-refractivity contribution in [3.05, 3.63) is 0 Å². The van der Waals surface area contributed by atoms with Crippen LogP contribution in [0.4, 0.5) is 0 Å². The summed E-state index contributed by atoms with van der Waals surface area (Å²) >= 11 is 0. The molecule has 1 aliphatic rings. The molecular formula is C10H21ClN2O2. The lowest BCUT2D eigenvalue weighted by molar-refractivity contribution is -0.132. The fourth-order valence-electron chi connectivity index (χ4n) is 1.73. The number of ether oxygens (including phenoxy) is 1. The van der Waals surface area contributed by atoms with Crippen LogP contribution in [-0.4, -0.2) is 38.3 Å². The third kappa shape index (κ3) is 4.82. The predicted molar refractivity (Wildman–Crippen MR) is 62.4 cm³/mol. The van der Waals surface area contributed by atoms with Crippen LogP contribution in [0.25, 0.3) is 0 Å². The molecule has 0 radical (unpaired) electrons. The second kappa shape index (κ2) is 7.91. The maximum atomic E-state index is 11.6.